The van der Waals surface area contributed by atoms with Gasteiger partial charge in [-0.15, -0.1) is 5.10 Å². The van der Waals surface area contributed by atoms with Crippen molar-refractivity contribution in [3.63, 3.8) is 0 Å². The third kappa shape index (κ3) is 4.20. The Morgan fingerprint density at radius 1 is 1.32 bits per heavy atom. The number of rotatable bonds is 6. The molecule has 19 heavy (non-hydrogen) atoms. The van der Waals surface area contributed by atoms with Gasteiger partial charge in [-0.1, -0.05) is 35.3 Å². The first-order valence-corrected chi connectivity index (χ1v) is 6.98. The van der Waals surface area contributed by atoms with E-state index in [1.54, 1.807) is 16.8 Å². The van der Waals surface area contributed by atoms with Crippen LogP contribution in [0.1, 0.15) is 24.6 Å². The zero-order chi connectivity index (χ0) is 13.7. The number of hydrogen-bond donors (Lipinski definition) is 1. The van der Waals surface area contributed by atoms with E-state index in [1.165, 1.54) is 0 Å². The molecule has 0 spiro atoms. The molecule has 0 aliphatic rings. The molecule has 2 aromatic rings. The topological polar surface area (TPSA) is 42.7 Å². The number of benzene rings is 1. The van der Waals surface area contributed by atoms with Gasteiger partial charge in [0.15, 0.2) is 0 Å². The molecule has 0 unspecified atom stereocenters. The largest absolute Gasteiger partial charge is 0.311 e. The number of halogens is 2. The molecule has 0 bridgehead atoms. The van der Waals surface area contributed by atoms with Gasteiger partial charge in [0.1, 0.15) is 0 Å². The maximum Gasteiger partial charge on any atom is 0.0964 e. The van der Waals surface area contributed by atoms with Gasteiger partial charge < -0.3 is 5.32 Å². The molecule has 4 nitrogen and oxygen atoms in total. The van der Waals surface area contributed by atoms with Crippen LogP contribution in [0.25, 0.3) is 0 Å². The van der Waals surface area contributed by atoms with Gasteiger partial charge in [0.25, 0.3) is 0 Å². The highest BCUT2D eigenvalue weighted by atomic mass is 35.5. The second-order valence-electron chi connectivity index (χ2n) is 4.32. The van der Waals surface area contributed by atoms with Crippen LogP contribution in [0.2, 0.25) is 10.0 Å². The van der Waals surface area contributed by atoms with Crippen LogP contribution in [0.4, 0.5) is 0 Å². The smallest absolute Gasteiger partial charge is 0.0964 e. The molecule has 0 saturated carbocycles. The number of nitrogens with one attached hydrogen (secondary N) is 1. The van der Waals surface area contributed by atoms with Crippen molar-refractivity contribution in [2.45, 2.75) is 26.4 Å². The highest BCUT2D eigenvalue weighted by molar-refractivity contribution is 6.33. The van der Waals surface area contributed by atoms with Crippen LogP contribution >= 0.6 is 23.2 Å². The summed E-state index contributed by atoms with van der Waals surface area (Å²) in [4.78, 5) is 0. The van der Waals surface area contributed by atoms with Gasteiger partial charge in [-0.05, 0) is 36.7 Å². The molecule has 2 rings (SSSR count). The molecule has 0 radical (unpaired) electrons. The van der Waals surface area contributed by atoms with Crippen molar-refractivity contribution >= 4 is 23.2 Å². The molecular formula is C13H16Cl2N4. The van der Waals surface area contributed by atoms with Crippen molar-refractivity contribution in [3.8, 4) is 0 Å². The lowest BCUT2D eigenvalue weighted by Gasteiger charge is -2.04. The van der Waals surface area contributed by atoms with E-state index < -0.39 is 0 Å². The zero-order valence-corrected chi connectivity index (χ0v) is 12.2. The Balaban J connectivity index is 2.01. The molecule has 1 aromatic carbocycles. The fraction of sp³-hybridized carbons (Fsp3) is 0.385. The van der Waals surface area contributed by atoms with Gasteiger partial charge in [0.2, 0.25) is 0 Å². The molecule has 0 amide bonds. The number of hydrogen-bond acceptors (Lipinski definition) is 3. The molecule has 6 heteroatoms. The van der Waals surface area contributed by atoms with Gasteiger partial charge in [-0.2, -0.15) is 0 Å². The summed E-state index contributed by atoms with van der Waals surface area (Å²) in [5.74, 6) is 0. The third-order valence-electron chi connectivity index (χ3n) is 2.66. The molecule has 1 aromatic heterocycles. The minimum absolute atomic E-state index is 0.570. The van der Waals surface area contributed by atoms with Gasteiger partial charge >= 0.3 is 0 Å². The monoisotopic (exact) mass is 298 g/mol. The first kappa shape index (κ1) is 14.3. The van der Waals surface area contributed by atoms with E-state index in [1.807, 2.05) is 12.3 Å². The second-order valence-corrected chi connectivity index (χ2v) is 5.16. The maximum atomic E-state index is 6.12. The molecule has 0 aliphatic carbocycles. The minimum Gasteiger partial charge on any atom is -0.311 e. The lowest BCUT2D eigenvalue weighted by Crippen LogP contribution is -2.13. The Morgan fingerprint density at radius 3 is 2.95 bits per heavy atom. The summed E-state index contributed by atoms with van der Waals surface area (Å²) in [5.41, 5.74) is 1.86. The first-order chi connectivity index (χ1) is 9.19. The van der Waals surface area contributed by atoms with E-state index in [2.05, 4.69) is 22.6 Å². The summed E-state index contributed by atoms with van der Waals surface area (Å²) in [5, 5.41) is 12.8. The summed E-state index contributed by atoms with van der Waals surface area (Å²) in [6.07, 6.45) is 3.02. The van der Waals surface area contributed by atoms with E-state index in [0.717, 1.165) is 30.8 Å². The number of aromatic nitrogens is 3. The predicted molar refractivity (Wildman–Crippen MR) is 77.6 cm³/mol. The van der Waals surface area contributed by atoms with Gasteiger partial charge in [0, 0.05) is 16.6 Å². The lowest BCUT2D eigenvalue weighted by atomic mass is 10.2. The van der Waals surface area contributed by atoms with Crippen molar-refractivity contribution in [1.82, 2.24) is 20.3 Å². The third-order valence-corrected chi connectivity index (χ3v) is 3.26. The van der Waals surface area contributed by atoms with Gasteiger partial charge in [0.05, 0.1) is 18.4 Å². The van der Waals surface area contributed by atoms with E-state index in [-0.39, 0.29) is 0 Å². The van der Waals surface area contributed by atoms with E-state index in [4.69, 9.17) is 23.2 Å². The van der Waals surface area contributed by atoms with Crippen molar-refractivity contribution < 1.29 is 0 Å². The van der Waals surface area contributed by atoms with Crippen LogP contribution in [-0.4, -0.2) is 21.5 Å². The second kappa shape index (κ2) is 6.89. The average molecular weight is 299 g/mol. The average Bonchev–Trinajstić information content (AvgIpc) is 2.82. The summed E-state index contributed by atoms with van der Waals surface area (Å²) in [6.45, 7) is 4.41. The molecule has 1 heterocycles. The van der Waals surface area contributed by atoms with E-state index in [0.29, 0.717) is 16.6 Å². The summed E-state index contributed by atoms with van der Waals surface area (Å²) >= 11 is 12.1. The van der Waals surface area contributed by atoms with Crippen LogP contribution in [0.3, 0.4) is 0 Å². The Labute approximate surface area is 122 Å². The van der Waals surface area contributed by atoms with Gasteiger partial charge in [-0.3, -0.25) is 0 Å². The van der Waals surface area contributed by atoms with Crippen LogP contribution in [0.5, 0.6) is 0 Å². The van der Waals surface area contributed by atoms with Crippen LogP contribution in [0, 0.1) is 0 Å². The van der Waals surface area contributed by atoms with Crippen molar-refractivity contribution in [1.29, 1.82) is 0 Å². The van der Waals surface area contributed by atoms with Crippen molar-refractivity contribution in [3.05, 3.63) is 45.7 Å². The summed E-state index contributed by atoms with van der Waals surface area (Å²) < 4.78 is 1.76. The summed E-state index contributed by atoms with van der Waals surface area (Å²) in [7, 11) is 0. The molecule has 0 aliphatic heterocycles. The zero-order valence-electron chi connectivity index (χ0n) is 10.7. The molecule has 1 N–H and O–H groups in total. The molecule has 0 atom stereocenters. The standard InChI is InChI=1S/C13H16Cl2N4/c1-2-5-16-7-12-9-19(18-17-12)8-10-6-11(14)3-4-13(10)15/h3-4,6,9,16H,2,5,7-8H2,1H3. The Kier molecular flexibility index (Phi) is 5.19. The molecule has 0 fully saturated rings. The van der Waals surface area contributed by atoms with Crippen LogP contribution < -0.4 is 5.32 Å². The fourth-order valence-corrected chi connectivity index (χ4v) is 2.10. The SMILES string of the molecule is CCCNCc1cn(Cc2cc(Cl)ccc2Cl)nn1. The fourth-order valence-electron chi connectivity index (χ4n) is 1.73. The Hall–Kier alpha value is -1.10. The van der Waals surface area contributed by atoms with Crippen molar-refractivity contribution in [2.24, 2.45) is 0 Å². The molecule has 0 saturated heterocycles. The Morgan fingerprint density at radius 2 is 2.16 bits per heavy atom. The predicted octanol–water partition coefficient (Wildman–Crippen LogP) is 3.13. The normalized spacial score (nSPS) is 10.9. The van der Waals surface area contributed by atoms with Gasteiger partial charge in [-0.25, -0.2) is 4.68 Å². The van der Waals surface area contributed by atoms with Crippen LogP contribution in [0.15, 0.2) is 24.4 Å². The highest BCUT2D eigenvalue weighted by Gasteiger charge is 2.05. The quantitative estimate of drug-likeness (QED) is 0.833. The maximum absolute atomic E-state index is 6.12. The van der Waals surface area contributed by atoms with Crippen molar-refractivity contribution in [2.75, 3.05) is 6.54 Å². The first-order valence-electron chi connectivity index (χ1n) is 6.22. The van der Waals surface area contributed by atoms with E-state index in [9.17, 15) is 0 Å². The molecular weight excluding hydrogens is 283 g/mol. The highest BCUT2D eigenvalue weighted by Crippen LogP contribution is 2.21. The van der Waals surface area contributed by atoms with E-state index >= 15 is 0 Å². The molecule has 102 valence electrons. The lowest BCUT2D eigenvalue weighted by molar-refractivity contribution is 0.645. The Bertz CT molecular complexity index is 539. The minimum atomic E-state index is 0.570. The summed E-state index contributed by atoms with van der Waals surface area (Å²) in [6, 6.07) is 5.41. The number of nitrogens with zero attached hydrogens (tertiary/aromatic N) is 3. The van der Waals surface area contributed by atoms with Crippen LogP contribution in [-0.2, 0) is 13.1 Å².